The maximum absolute atomic E-state index is 12.3. The van der Waals surface area contributed by atoms with Crippen LogP contribution >= 0.6 is 22.6 Å². The summed E-state index contributed by atoms with van der Waals surface area (Å²) in [7, 11) is 0.458. The van der Waals surface area contributed by atoms with Gasteiger partial charge in [0.05, 0.1) is 7.11 Å². The van der Waals surface area contributed by atoms with E-state index in [1.165, 1.54) is 0 Å². The molecule has 3 nitrogen and oxygen atoms in total. The van der Waals surface area contributed by atoms with E-state index in [0.29, 0.717) is 7.11 Å². The highest BCUT2D eigenvalue weighted by molar-refractivity contribution is 14.1. The number of halogens is 7. The van der Waals surface area contributed by atoms with Gasteiger partial charge in [0.15, 0.2) is 0 Å². The van der Waals surface area contributed by atoms with Gasteiger partial charge >= 0.3 is 22.1 Å². The fraction of sp³-hybridized carbons (Fsp3) is 0.800. The average molecular weight is 352 g/mol. The molecule has 90 valence electrons. The first kappa shape index (κ1) is 14.7. The number of esters is 1. The number of hydrogen-bond acceptors (Lipinski definition) is 3. The molecule has 0 atom stereocenters. The molecule has 0 saturated carbocycles. The molecule has 0 aromatic heterocycles. The molecule has 15 heavy (non-hydrogen) atoms. The largest absolute Gasteiger partial charge is 0.463 e. The maximum Gasteiger partial charge on any atom is 0.460 e. The molecule has 0 aromatic rings. The Hall–Kier alpha value is -0.260. The van der Waals surface area contributed by atoms with Crippen molar-refractivity contribution in [3.05, 3.63) is 0 Å². The van der Waals surface area contributed by atoms with Gasteiger partial charge in [-0.15, -0.1) is 0 Å². The number of carbonyl (C=O) groups is 1. The summed E-state index contributed by atoms with van der Waals surface area (Å²) in [5.41, 5.74) is 0. The molecule has 0 rings (SSSR count). The number of alkyl halides is 7. The van der Waals surface area contributed by atoms with Crippen LogP contribution in [0.3, 0.4) is 0 Å². The lowest BCUT2D eigenvalue weighted by atomic mass is 10.6. The minimum Gasteiger partial charge on any atom is -0.463 e. The number of rotatable bonds is 4. The maximum atomic E-state index is 12.3. The SMILES string of the molecule is COC(=O)C(F)(F)OC(F)(F)C(F)(F)I. The van der Waals surface area contributed by atoms with Crippen molar-refractivity contribution in [2.75, 3.05) is 7.11 Å². The first-order valence-electron chi connectivity index (χ1n) is 3.05. The Labute approximate surface area is 92.8 Å². The van der Waals surface area contributed by atoms with E-state index >= 15 is 0 Å². The van der Waals surface area contributed by atoms with E-state index in [2.05, 4.69) is 9.47 Å². The summed E-state index contributed by atoms with van der Waals surface area (Å²) in [6.45, 7) is 0. The van der Waals surface area contributed by atoms with E-state index in [9.17, 15) is 31.1 Å². The number of ether oxygens (including phenoxy) is 2. The fourth-order valence-corrected chi connectivity index (χ4v) is 0.489. The van der Waals surface area contributed by atoms with Crippen LogP contribution in [-0.4, -0.2) is 29.2 Å². The van der Waals surface area contributed by atoms with Gasteiger partial charge in [-0.25, -0.2) is 9.53 Å². The topological polar surface area (TPSA) is 35.5 Å². The highest BCUT2D eigenvalue weighted by Crippen LogP contribution is 2.43. The van der Waals surface area contributed by atoms with E-state index in [4.69, 9.17) is 0 Å². The summed E-state index contributed by atoms with van der Waals surface area (Å²) < 4.78 is 74.2. The zero-order chi connectivity index (χ0) is 12.5. The molecule has 0 aromatic carbocycles. The minimum atomic E-state index is -5.49. The molecule has 0 heterocycles. The van der Waals surface area contributed by atoms with Gasteiger partial charge < -0.3 is 4.74 Å². The monoisotopic (exact) mass is 352 g/mol. The van der Waals surface area contributed by atoms with Gasteiger partial charge in [-0.2, -0.15) is 26.3 Å². The van der Waals surface area contributed by atoms with Gasteiger partial charge in [0, 0.05) is 22.6 Å². The van der Waals surface area contributed by atoms with Gasteiger partial charge in [-0.1, -0.05) is 0 Å². The molecular formula is C5H3F6IO3. The highest BCUT2D eigenvalue weighted by Gasteiger charge is 2.63. The van der Waals surface area contributed by atoms with Crippen LogP contribution in [0.4, 0.5) is 26.3 Å². The molecule has 0 saturated heterocycles. The van der Waals surface area contributed by atoms with Crippen molar-refractivity contribution in [1.82, 2.24) is 0 Å². The molecule has 0 spiro atoms. The van der Waals surface area contributed by atoms with Crippen LogP contribution in [0.25, 0.3) is 0 Å². The molecule has 0 bridgehead atoms. The highest BCUT2D eigenvalue weighted by atomic mass is 127. The Morgan fingerprint density at radius 2 is 1.53 bits per heavy atom. The van der Waals surface area contributed by atoms with Crippen molar-refractivity contribution in [2.24, 2.45) is 0 Å². The molecular weight excluding hydrogens is 349 g/mol. The van der Waals surface area contributed by atoms with Crippen LogP contribution in [0.5, 0.6) is 0 Å². The van der Waals surface area contributed by atoms with Crippen LogP contribution in [0.15, 0.2) is 0 Å². The molecule has 0 radical (unpaired) electrons. The quantitative estimate of drug-likeness (QED) is 0.337. The Morgan fingerprint density at radius 3 is 1.80 bits per heavy atom. The van der Waals surface area contributed by atoms with Crippen LogP contribution in [0, 0.1) is 0 Å². The Bertz CT molecular complexity index is 250. The van der Waals surface area contributed by atoms with Crippen LogP contribution in [-0.2, 0) is 14.3 Å². The van der Waals surface area contributed by atoms with E-state index in [0.717, 1.165) is 0 Å². The number of carbonyl (C=O) groups excluding carboxylic acids is 1. The molecule has 0 N–H and O–H groups in total. The molecule has 0 amide bonds. The second kappa shape index (κ2) is 4.31. The van der Waals surface area contributed by atoms with Crippen molar-refractivity contribution < 1.29 is 40.6 Å². The lowest BCUT2D eigenvalue weighted by Crippen LogP contribution is -2.47. The smallest absolute Gasteiger partial charge is 0.460 e. The van der Waals surface area contributed by atoms with Crippen LogP contribution in [0.1, 0.15) is 0 Å². The van der Waals surface area contributed by atoms with Crippen molar-refractivity contribution in [3.8, 4) is 0 Å². The zero-order valence-electron chi connectivity index (χ0n) is 6.87. The summed E-state index contributed by atoms with van der Waals surface area (Å²) in [5, 5.41) is 0. The van der Waals surface area contributed by atoms with E-state index < -0.39 is 22.1 Å². The molecule has 10 heteroatoms. The molecule has 0 aliphatic carbocycles. The normalized spacial score (nSPS) is 13.9. The summed E-state index contributed by atoms with van der Waals surface area (Å²) in [5.74, 6) is -2.50. The molecule has 0 fully saturated rings. The van der Waals surface area contributed by atoms with Gasteiger partial charge in [-0.3, -0.25) is 0 Å². The van der Waals surface area contributed by atoms with Crippen molar-refractivity contribution in [1.29, 1.82) is 0 Å². The first-order chi connectivity index (χ1) is 6.44. The molecule has 0 unspecified atom stereocenters. The average Bonchev–Trinajstić information content (AvgIpc) is 1.98. The van der Waals surface area contributed by atoms with Gasteiger partial charge in [0.2, 0.25) is 0 Å². The van der Waals surface area contributed by atoms with Crippen molar-refractivity contribution >= 4 is 28.6 Å². The third kappa shape index (κ3) is 3.66. The minimum absolute atomic E-state index is 0.0989. The van der Waals surface area contributed by atoms with Gasteiger partial charge in [0.25, 0.3) is 0 Å². The molecule has 0 aliphatic rings. The van der Waals surface area contributed by atoms with E-state index in [1.807, 2.05) is 0 Å². The Balaban J connectivity index is 4.80. The summed E-state index contributed by atoms with van der Waals surface area (Å²) in [6.07, 6.45) is -10.6. The third-order valence-corrected chi connectivity index (χ3v) is 1.64. The second-order valence-corrected chi connectivity index (χ2v) is 3.48. The van der Waals surface area contributed by atoms with Crippen LogP contribution in [0.2, 0.25) is 0 Å². The summed E-state index contributed by atoms with van der Waals surface area (Å²) in [6, 6.07) is 0. The zero-order valence-corrected chi connectivity index (χ0v) is 9.03. The predicted molar refractivity (Wildman–Crippen MR) is 42.0 cm³/mol. The van der Waals surface area contributed by atoms with Crippen LogP contribution < -0.4 is 0 Å². The van der Waals surface area contributed by atoms with E-state index in [-0.39, 0.29) is 22.6 Å². The van der Waals surface area contributed by atoms with Crippen molar-refractivity contribution in [3.63, 3.8) is 0 Å². The van der Waals surface area contributed by atoms with Crippen molar-refractivity contribution in [2.45, 2.75) is 16.1 Å². The predicted octanol–water partition coefficient (Wildman–Crippen LogP) is 2.39. The Morgan fingerprint density at radius 1 is 1.13 bits per heavy atom. The Kier molecular flexibility index (Phi) is 4.24. The lowest BCUT2D eigenvalue weighted by molar-refractivity contribution is -0.397. The summed E-state index contributed by atoms with van der Waals surface area (Å²) >= 11 is -0.0989. The fourth-order valence-electron chi connectivity index (χ4n) is 0.379. The standard InChI is InChI=1S/C5H3F6IO3/c1-14-2(13)3(6,7)15-5(10,11)4(8,9)12/h1H3. The first-order valence-corrected chi connectivity index (χ1v) is 4.13. The van der Waals surface area contributed by atoms with E-state index in [1.54, 1.807) is 0 Å². The molecule has 0 aliphatic heterocycles. The number of hydrogen-bond donors (Lipinski definition) is 0. The summed E-state index contributed by atoms with van der Waals surface area (Å²) in [4.78, 5) is 10.2. The second-order valence-electron chi connectivity index (χ2n) is 2.12. The number of methoxy groups -OCH3 is 1. The van der Waals surface area contributed by atoms with Gasteiger partial charge in [0.1, 0.15) is 0 Å². The van der Waals surface area contributed by atoms with Gasteiger partial charge in [-0.05, 0) is 0 Å². The lowest BCUT2D eigenvalue weighted by Gasteiger charge is -2.24. The third-order valence-electron chi connectivity index (χ3n) is 1.01.